The fourth-order valence-corrected chi connectivity index (χ4v) is 9.80. The molecule has 2 fully saturated rings. The normalized spacial score (nSPS) is 18.0. The summed E-state index contributed by atoms with van der Waals surface area (Å²) in [5, 5.41) is 13.3. The van der Waals surface area contributed by atoms with Crippen LogP contribution >= 0.6 is 11.6 Å². The van der Waals surface area contributed by atoms with Crippen LogP contribution in [-0.2, 0) is 14.8 Å². The van der Waals surface area contributed by atoms with E-state index in [-0.39, 0.29) is 52.1 Å². The Morgan fingerprint density at radius 3 is 2.57 bits per heavy atom. The third-order valence-corrected chi connectivity index (χ3v) is 13.6. The summed E-state index contributed by atoms with van der Waals surface area (Å²) in [6, 6.07) is 25.4. The van der Waals surface area contributed by atoms with Crippen LogP contribution in [0, 0.1) is 22.7 Å². The van der Waals surface area contributed by atoms with Gasteiger partial charge in [-0.25, -0.2) is 9.99 Å². The number of halogens is 1. The Morgan fingerprint density at radius 1 is 1.03 bits per heavy atom. The smallest absolute Gasteiger partial charge is 0.286 e. The van der Waals surface area contributed by atoms with Gasteiger partial charge in [0.1, 0.15) is 28.0 Å². The number of benzene rings is 3. The molecule has 0 atom stereocenters. The van der Waals surface area contributed by atoms with E-state index >= 15 is 0 Å². The van der Waals surface area contributed by atoms with Gasteiger partial charge in [-0.1, -0.05) is 55.3 Å². The molecule has 12 nitrogen and oxygen atoms in total. The van der Waals surface area contributed by atoms with E-state index in [2.05, 4.69) is 46.9 Å². The van der Waals surface area contributed by atoms with Crippen LogP contribution in [0.1, 0.15) is 67.4 Å². The molecular weight excluding hydrogens is 800 g/mol. The first kappa shape index (κ1) is 41.5. The minimum absolute atomic E-state index is 0.0374. The number of rotatable bonds is 12. The van der Waals surface area contributed by atoms with E-state index in [0.29, 0.717) is 43.7 Å². The van der Waals surface area contributed by atoms with Crippen LogP contribution in [0.4, 0.5) is 0 Å². The number of nitriles is 1. The van der Waals surface area contributed by atoms with E-state index in [1.54, 1.807) is 35.3 Å². The number of allylic oxidation sites excluding steroid dienone is 1. The number of para-hydroxylation sites is 1. The van der Waals surface area contributed by atoms with Crippen LogP contribution < -0.4 is 9.47 Å². The van der Waals surface area contributed by atoms with Crippen molar-refractivity contribution in [2.45, 2.75) is 50.8 Å². The van der Waals surface area contributed by atoms with Crippen molar-refractivity contribution in [1.82, 2.24) is 24.3 Å². The van der Waals surface area contributed by atoms with E-state index in [9.17, 15) is 18.5 Å². The van der Waals surface area contributed by atoms with Crippen molar-refractivity contribution < 1.29 is 27.4 Å². The third-order valence-electron chi connectivity index (χ3n) is 11.7. The highest BCUT2D eigenvalue weighted by Gasteiger charge is 2.39. The predicted octanol–water partition coefficient (Wildman–Crippen LogP) is 8.71. The van der Waals surface area contributed by atoms with Crippen molar-refractivity contribution in [1.29, 1.82) is 5.26 Å². The fourth-order valence-electron chi connectivity index (χ4n) is 8.24. The van der Waals surface area contributed by atoms with Crippen molar-refractivity contribution in [2.75, 3.05) is 52.5 Å². The van der Waals surface area contributed by atoms with E-state index in [1.165, 1.54) is 22.8 Å². The number of sulfonamides is 1. The number of pyridine rings is 1. The number of piperazine rings is 1. The maximum atomic E-state index is 14.9. The average molecular weight is 849 g/mol. The summed E-state index contributed by atoms with van der Waals surface area (Å²) in [6.07, 6.45) is 7.61. The van der Waals surface area contributed by atoms with Crippen LogP contribution in [-0.4, -0.2) is 91.2 Å². The van der Waals surface area contributed by atoms with Crippen LogP contribution in [0.15, 0.2) is 102 Å². The van der Waals surface area contributed by atoms with Gasteiger partial charge in [0.2, 0.25) is 5.88 Å². The monoisotopic (exact) mass is 848 g/mol. The van der Waals surface area contributed by atoms with Crippen LogP contribution in [0.3, 0.4) is 0 Å². The van der Waals surface area contributed by atoms with Gasteiger partial charge < -0.3 is 19.2 Å². The first-order valence-corrected chi connectivity index (χ1v) is 22.3. The summed E-state index contributed by atoms with van der Waals surface area (Å²) in [7, 11) is -4.62. The number of aromatic amines is 1. The Morgan fingerprint density at radius 2 is 1.80 bits per heavy atom. The highest BCUT2D eigenvalue weighted by Crippen LogP contribution is 2.43. The number of H-pyrrole nitrogens is 1. The number of carbonyl (C=O) groups excluding carboxylic acids is 1. The summed E-state index contributed by atoms with van der Waals surface area (Å²) in [6.45, 7) is 8.46. The molecule has 3 aliphatic rings. The third kappa shape index (κ3) is 9.23. The predicted molar refractivity (Wildman–Crippen MR) is 230 cm³/mol. The highest BCUT2D eigenvalue weighted by atomic mass is 35.5. The molecule has 14 heteroatoms. The Balaban J connectivity index is 1.08. The van der Waals surface area contributed by atoms with Gasteiger partial charge in [0.25, 0.3) is 15.9 Å². The van der Waals surface area contributed by atoms with Gasteiger partial charge in [-0.2, -0.15) is 18.1 Å². The van der Waals surface area contributed by atoms with E-state index in [0.717, 1.165) is 60.2 Å². The number of hydrazine groups is 1. The molecule has 0 radical (unpaired) electrons. The van der Waals surface area contributed by atoms with Gasteiger partial charge in [0.05, 0.1) is 18.4 Å². The number of fused-ring (bicyclic) bond motifs is 1. The molecule has 2 saturated heterocycles. The zero-order chi connectivity index (χ0) is 41.9. The van der Waals surface area contributed by atoms with Gasteiger partial charge in [-0.15, -0.1) is 0 Å². The van der Waals surface area contributed by atoms with Crippen molar-refractivity contribution in [2.24, 2.45) is 11.3 Å². The molecule has 0 saturated carbocycles. The van der Waals surface area contributed by atoms with Gasteiger partial charge in [-0.3, -0.25) is 9.69 Å². The number of carbonyl (C=O) groups is 1. The van der Waals surface area contributed by atoms with Crippen LogP contribution in [0.5, 0.6) is 17.4 Å². The molecular formula is C46H49ClN6O6S. The molecule has 0 spiro atoms. The second-order valence-electron chi connectivity index (χ2n) is 16.5. The number of aromatic nitrogens is 2. The number of ether oxygens (including phenoxy) is 3. The minimum atomic E-state index is -4.62. The highest BCUT2D eigenvalue weighted by molar-refractivity contribution is 7.89. The first-order valence-electron chi connectivity index (χ1n) is 20.5. The van der Waals surface area contributed by atoms with Gasteiger partial charge >= 0.3 is 0 Å². The molecule has 0 unspecified atom stereocenters. The molecule has 0 bridgehead atoms. The second kappa shape index (κ2) is 17.8. The molecule has 312 valence electrons. The van der Waals surface area contributed by atoms with Crippen molar-refractivity contribution in [3.63, 3.8) is 0 Å². The Bertz CT molecular complexity index is 2540. The summed E-state index contributed by atoms with van der Waals surface area (Å²) >= 11 is 6.26. The second-order valence-corrected chi connectivity index (χ2v) is 18.7. The van der Waals surface area contributed by atoms with Gasteiger partial charge in [-0.05, 0) is 109 Å². The number of nitrogens with one attached hydrogen (secondary N) is 1. The summed E-state index contributed by atoms with van der Waals surface area (Å²) in [5.74, 6) is 0.182. The molecule has 1 aliphatic carbocycles. The molecule has 1 amide bonds. The van der Waals surface area contributed by atoms with Crippen LogP contribution in [0.2, 0.25) is 5.02 Å². The molecule has 2 aromatic heterocycles. The number of hydrogen-bond acceptors (Lipinski definition) is 10. The Hall–Kier alpha value is -5.23. The minimum Gasteiger partial charge on any atom is -0.476 e. The Kier molecular flexibility index (Phi) is 12.3. The van der Waals surface area contributed by atoms with Crippen molar-refractivity contribution >= 4 is 44.0 Å². The maximum absolute atomic E-state index is 14.9. The molecule has 8 rings (SSSR count). The summed E-state index contributed by atoms with van der Waals surface area (Å²) < 4.78 is 48.3. The molecule has 5 aromatic rings. The quantitative estimate of drug-likeness (QED) is 0.130. The lowest BCUT2D eigenvalue weighted by molar-refractivity contribution is 0.0113. The first-order chi connectivity index (χ1) is 29.0. The van der Waals surface area contributed by atoms with E-state index in [1.807, 2.05) is 36.5 Å². The topological polar surface area (TPSA) is 141 Å². The standard InChI is InChI=1S/C46H49ClN6O6S/c1-46(2)17-13-35(41(27-46)33-7-9-37(47)10-8-33)30-51-19-21-52(22-20-51)53(45(54)40-5-3-4-6-43(40)59-38-11-12-42-34(25-38)14-18-49-42)60(55,56)39-26-36(28-48)44(50-29-39)58-31-32-15-23-57-24-16-32/h3-12,14,18,25-26,29,32,49H,13,15-17,19-24,27,30-31H2,1-2H3. The zero-order valence-corrected chi connectivity index (χ0v) is 35.5. The van der Waals surface area contributed by atoms with Gasteiger partial charge in [0.15, 0.2) is 0 Å². The number of nitrogens with zero attached hydrogens (tertiary/aromatic N) is 5. The lowest BCUT2D eigenvalue weighted by atomic mass is 9.72. The average Bonchev–Trinajstić information content (AvgIpc) is 3.73. The SMILES string of the molecule is CC1(C)CCC(CN2CCN(N(C(=O)c3ccccc3Oc3ccc4[nH]ccc4c3)S(=O)(=O)c3cnc(OCC4CCOCC4)c(C#N)c3)CC2)=C(c2ccc(Cl)cc2)C1. The van der Waals surface area contributed by atoms with Crippen LogP contribution in [0.25, 0.3) is 16.5 Å². The lowest BCUT2D eigenvalue weighted by Crippen LogP contribution is -2.57. The van der Waals surface area contributed by atoms with Crippen molar-refractivity contribution in [3.05, 3.63) is 119 Å². The Labute approximate surface area is 356 Å². The van der Waals surface area contributed by atoms with E-state index < -0.39 is 15.9 Å². The fraction of sp³-hybridized carbons (Fsp3) is 0.370. The molecule has 2 aliphatic heterocycles. The number of amides is 1. The largest absolute Gasteiger partial charge is 0.476 e. The van der Waals surface area contributed by atoms with Gasteiger partial charge in [0, 0.05) is 68.1 Å². The summed E-state index contributed by atoms with van der Waals surface area (Å²) in [5.41, 5.74) is 4.98. The molecule has 60 heavy (non-hydrogen) atoms. The van der Waals surface area contributed by atoms with Crippen molar-refractivity contribution in [3.8, 4) is 23.4 Å². The zero-order valence-electron chi connectivity index (χ0n) is 33.9. The summed E-state index contributed by atoms with van der Waals surface area (Å²) in [4.78, 5) is 24.4. The number of hydrogen-bond donors (Lipinski definition) is 1. The molecule has 1 N–H and O–H groups in total. The molecule has 3 aromatic carbocycles. The van der Waals surface area contributed by atoms with E-state index in [4.69, 9.17) is 25.8 Å². The maximum Gasteiger partial charge on any atom is 0.286 e. The molecule has 4 heterocycles. The lowest BCUT2D eigenvalue weighted by Gasteiger charge is -2.41.